The fourth-order valence-corrected chi connectivity index (χ4v) is 2.38. The number of anilines is 1. The molecule has 0 radical (unpaired) electrons. The lowest BCUT2D eigenvalue weighted by Gasteiger charge is -2.05. The van der Waals surface area contributed by atoms with Crippen LogP contribution in [0.5, 0.6) is 0 Å². The molecule has 1 aromatic heterocycles. The van der Waals surface area contributed by atoms with Gasteiger partial charge in [0.1, 0.15) is 6.54 Å². The Morgan fingerprint density at radius 3 is 2.54 bits per heavy atom. The van der Waals surface area contributed by atoms with Crippen LogP contribution < -0.4 is 5.32 Å². The Morgan fingerprint density at radius 1 is 1.12 bits per heavy atom. The maximum absolute atomic E-state index is 12.1. The highest BCUT2D eigenvalue weighted by atomic mass is 16.5. The van der Waals surface area contributed by atoms with Gasteiger partial charge in [0.15, 0.2) is 0 Å². The quantitative estimate of drug-likeness (QED) is 0.707. The number of carbonyl (C=O) groups is 2. The minimum Gasteiger partial charge on any atom is -0.465 e. The van der Waals surface area contributed by atoms with Crippen LogP contribution in [-0.2, 0) is 16.1 Å². The molecule has 3 aromatic rings. The number of hydrogen-bond donors (Lipinski definition) is 1. The summed E-state index contributed by atoms with van der Waals surface area (Å²) < 4.78 is 4.63. The van der Waals surface area contributed by atoms with Crippen molar-refractivity contribution in [1.82, 2.24) is 20.2 Å². The number of rotatable bonds is 5. The van der Waals surface area contributed by atoms with Crippen LogP contribution in [0, 0.1) is 6.92 Å². The minimum absolute atomic E-state index is 0.0718. The molecule has 1 amide bonds. The Kier molecular flexibility index (Phi) is 5.02. The number of hydrogen-bond acceptors (Lipinski definition) is 6. The molecule has 1 heterocycles. The number of esters is 1. The molecule has 0 fully saturated rings. The van der Waals surface area contributed by atoms with E-state index in [4.69, 9.17) is 0 Å². The average molecular weight is 351 g/mol. The number of amides is 1. The second-order valence-electron chi connectivity index (χ2n) is 5.58. The molecule has 2 aromatic carbocycles. The van der Waals surface area contributed by atoms with Crippen molar-refractivity contribution in [3.05, 3.63) is 59.7 Å². The van der Waals surface area contributed by atoms with Gasteiger partial charge in [-0.25, -0.2) is 4.79 Å². The van der Waals surface area contributed by atoms with Crippen LogP contribution in [-0.4, -0.2) is 39.2 Å². The molecule has 0 atom stereocenters. The second kappa shape index (κ2) is 7.56. The first-order valence-corrected chi connectivity index (χ1v) is 7.89. The van der Waals surface area contributed by atoms with E-state index in [9.17, 15) is 9.59 Å². The average Bonchev–Trinajstić information content (AvgIpc) is 3.10. The third-order valence-corrected chi connectivity index (χ3v) is 3.71. The van der Waals surface area contributed by atoms with Gasteiger partial charge in [0.25, 0.3) is 0 Å². The van der Waals surface area contributed by atoms with Crippen molar-refractivity contribution < 1.29 is 14.3 Å². The molecule has 0 aliphatic carbocycles. The molecular weight excluding hydrogens is 334 g/mol. The van der Waals surface area contributed by atoms with Gasteiger partial charge in [0.05, 0.1) is 12.7 Å². The summed E-state index contributed by atoms with van der Waals surface area (Å²) in [6.07, 6.45) is 0. The predicted molar refractivity (Wildman–Crippen MR) is 94.4 cm³/mol. The van der Waals surface area contributed by atoms with Crippen LogP contribution in [0.1, 0.15) is 15.9 Å². The molecule has 1 N–H and O–H groups in total. The zero-order chi connectivity index (χ0) is 18.5. The summed E-state index contributed by atoms with van der Waals surface area (Å²) in [5.74, 6) is -0.263. The Labute approximate surface area is 149 Å². The van der Waals surface area contributed by atoms with Gasteiger partial charge in [0, 0.05) is 11.3 Å². The number of tetrazole rings is 1. The SMILES string of the molecule is COC(=O)c1ccc(NC(=O)Cn2nnc(-c3ccccc3C)n2)cc1. The van der Waals surface area contributed by atoms with E-state index >= 15 is 0 Å². The van der Waals surface area contributed by atoms with Crippen LogP contribution in [0.2, 0.25) is 0 Å². The van der Waals surface area contributed by atoms with Crippen molar-refractivity contribution in [2.75, 3.05) is 12.4 Å². The number of methoxy groups -OCH3 is 1. The van der Waals surface area contributed by atoms with Crippen LogP contribution >= 0.6 is 0 Å². The van der Waals surface area contributed by atoms with Crippen LogP contribution in [0.25, 0.3) is 11.4 Å². The standard InChI is InChI=1S/C18H17N5O3/c1-12-5-3-4-6-15(12)17-20-22-23(21-17)11-16(24)19-14-9-7-13(8-10-14)18(25)26-2/h3-10H,11H2,1-2H3,(H,19,24). The van der Waals surface area contributed by atoms with Crippen LogP contribution in [0.3, 0.4) is 0 Å². The summed E-state index contributed by atoms with van der Waals surface area (Å²) >= 11 is 0. The van der Waals surface area contributed by atoms with Gasteiger partial charge in [-0.1, -0.05) is 24.3 Å². The molecule has 0 saturated carbocycles. The van der Waals surface area contributed by atoms with Crippen LogP contribution in [0.15, 0.2) is 48.5 Å². The smallest absolute Gasteiger partial charge is 0.337 e. The van der Waals surface area contributed by atoms with Crippen molar-refractivity contribution in [2.24, 2.45) is 0 Å². The van der Waals surface area contributed by atoms with Gasteiger partial charge in [0.2, 0.25) is 11.7 Å². The number of benzene rings is 2. The lowest BCUT2D eigenvalue weighted by atomic mass is 10.1. The first kappa shape index (κ1) is 17.3. The number of ether oxygens (including phenoxy) is 1. The van der Waals surface area contributed by atoms with E-state index in [1.54, 1.807) is 24.3 Å². The number of carbonyl (C=O) groups excluding carboxylic acids is 2. The van der Waals surface area contributed by atoms with Gasteiger partial charge in [-0.15, -0.1) is 10.2 Å². The molecule has 0 aliphatic heterocycles. The summed E-state index contributed by atoms with van der Waals surface area (Å²) in [6.45, 7) is 1.89. The lowest BCUT2D eigenvalue weighted by Crippen LogP contribution is -2.20. The molecular formula is C18H17N5O3. The number of aromatic nitrogens is 4. The van der Waals surface area contributed by atoms with Crippen molar-refractivity contribution in [3.63, 3.8) is 0 Å². The maximum Gasteiger partial charge on any atom is 0.337 e. The van der Waals surface area contributed by atoms with E-state index < -0.39 is 5.97 Å². The van der Waals surface area contributed by atoms with E-state index in [2.05, 4.69) is 25.5 Å². The summed E-state index contributed by atoms with van der Waals surface area (Å²) in [5.41, 5.74) is 2.87. The Morgan fingerprint density at radius 2 is 1.85 bits per heavy atom. The summed E-state index contributed by atoms with van der Waals surface area (Å²) in [7, 11) is 1.31. The lowest BCUT2D eigenvalue weighted by molar-refractivity contribution is -0.117. The zero-order valence-corrected chi connectivity index (χ0v) is 14.3. The summed E-state index contributed by atoms with van der Waals surface area (Å²) in [5, 5.41) is 14.9. The minimum atomic E-state index is -0.432. The third kappa shape index (κ3) is 3.92. The highest BCUT2D eigenvalue weighted by molar-refractivity contribution is 5.92. The highest BCUT2D eigenvalue weighted by Crippen LogP contribution is 2.17. The predicted octanol–water partition coefficient (Wildman–Crippen LogP) is 2.07. The third-order valence-electron chi connectivity index (χ3n) is 3.71. The van der Waals surface area contributed by atoms with Crippen molar-refractivity contribution >= 4 is 17.6 Å². The molecule has 26 heavy (non-hydrogen) atoms. The maximum atomic E-state index is 12.1. The van der Waals surface area contributed by atoms with E-state index in [1.807, 2.05) is 31.2 Å². The molecule has 132 valence electrons. The van der Waals surface area contributed by atoms with Crippen molar-refractivity contribution in [2.45, 2.75) is 13.5 Å². The normalized spacial score (nSPS) is 10.4. The summed E-state index contributed by atoms with van der Waals surface area (Å²) in [6, 6.07) is 14.1. The number of nitrogens with zero attached hydrogens (tertiary/aromatic N) is 4. The van der Waals surface area contributed by atoms with Gasteiger partial charge in [-0.3, -0.25) is 4.79 Å². The molecule has 0 saturated heterocycles. The van der Waals surface area contributed by atoms with E-state index in [-0.39, 0.29) is 12.5 Å². The van der Waals surface area contributed by atoms with Gasteiger partial charge in [-0.05, 0) is 42.0 Å². The van der Waals surface area contributed by atoms with Gasteiger partial charge >= 0.3 is 5.97 Å². The highest BCUT2D eigenvalue weighted by Gasteiger charge is 2.11. The van der Waals surface area contributed by atoms with Gasteiger partial charge in [-0.2, -0.15) is 4.80 Å². The molecule has 0 bridgehead atoms. The Hall–Kier alpha value is -3.55. The first-order chi connectivity index (χ1) is 12.6. The molecule has 8 heteroatoms. The summed E-state index contributed by atoms with van der Waals surface area (Å²) in [4.78, 5) is 24.8. The molecule has 0 unspecified atom stereocenters. The zero-order valence-electron chi connectivity index (χ0n) is 14.3. The van der Waals surface area contributed by atoms with Crippen LogP contribution in [0.4, 0.5) is 5.69 Å². The van der Waals surface area contributed by atoms with Crippen molar-refractivity contribution in [3.8, 4) is 11.4 Å². The van der Waals surface area contributed by atoms with Crippen molar-refractivity contribution in [1.29, 1.82) is 0 Å². The molecule has 8 nitrogen and oxygen atoms in total. The Bertz CT molecular complexity index is 934. The topological polar surface area (TPSA) is 99.0 Å². The molecule has 0 aliphatic rings. The molecule has 0 spiro atoms. The van der Waals surface area contributed by atoms with E-state index in [0.717, 1.165) is 11.1 Å². The monoisotopic (exact) mass is 351 g/mol. The number of nitrogens with one attached hydrogen (secondary N) is 1. The van der Waals surface area contributed by atoms with E-state index in [1.165, 1.54) is 11.9 Å². The van der Waals surface area contributed by atoms with Gasteiger partial charge < -0.3 is 10.1 Å². The fraction of sp³-hybridized carbons (Fsp3) is 0.167. The largest absolute Gasteiger partial charge is 0.465 e. The number of aryl methyl sites for hydroxylation is 1. The van der Waals surface area contributed by atoms with E-state index in [0.29, 0.717) is 17.1 Å². The Balaban J connectivity index is 1.64. The molecule has 3 rings (SSSR count). The first-order valence-electron chi connectivity index (χ1n) is 7.89. The fourth-order valence-electron chi connectivity index (χ4n) is 2.38. The second-order valence-corrected chi connectivity index (χ2v) is 5.58.